The molecule has 1 aliphatic rings. The molecule has 0 saturated carbocycles. The van der Waals surface area contributed by atoms with Crippen molar-refractivity contribution in [2.75, 3.05) is 0 Å². The van der Waals surface area contributed by atoms with Crippen molar-refractivity contribution < 1.29 is 9.59 Å². The molecule has 2 heteroatoms. The summed E-state index contributed by atoms with van der Waals surface area (Å²) in [4.78, 5) is 23.1. The predicted molar refractivity (Wildman–Crippen MR) is 65.3 cm³/mol. The second-order valence-corrected chi connectivity index (χ2v) is 3.90. The van der Waals surface area contributed by atoms with Gasteiger partial charge in [-0.15, -0.1) is 0 Å². The van der Waals surface area contributed by atoms with Crippen molar-refractivity contribution in [1.82, 2.24) is 0 Å². The van der Waals surface area contributed by atoms with E-state index in [0.29, 0.717) is 11.1 Å². The molecule has 0 unspecified atom stereocenters. The molecule has 0 radical (unpaired) electrons. The summed E-state index contributed by atoms with van der Waals surface area (Å²) < 4.78 is 0. The van der Waals surface area contributed by atoms with Crippen LogP contribution in [0.5, 0.6) is 0 Å². The zero-order valence-electron chi connectivity index (χ0n) is 8.94. The second kappa shape index (κ2) is 3.55. The van der Waals surface area contributed by atoms with E-state index in [0.717, 1.165) is 11.1 Å². The van der Waals surface area contributed by atoms with Crippen LogP contribution in [-0.2, 0) is 4.79 Å². The summed E-state index contributed by atoms with van der Waals surface area (Å²) in [7, 11) is 0. The van der Waals surface area contributed by atoms with Gasteiger partial charge in [0.2, 0.25) is 5.78 Å². The second-order valence-electron chi connectivity index (χ2n) is 3.90. The lowest BCUT2D eigenvalue weighted by Crippen LogP contribution is -2.11. The summed E-state index contributed by atoms with van der Waals surface area (Å²) in [5.74, 6) is 1.53. The standard InChI is InChI=1S/C15H8O2/c16-9-14-12-7-2-1-5-10(12)11-6-3-4-8-13(11)15(14)17/h1-8H. The Balaban J connectivity index is 2.45. The first-order valence-electron chi connectivity index (χ1n) is 5.31. The average molecular weight is 220 g/mol. The molecule has 0 N–H and O–H groups in total. The average Bonchev–Trinajstić information content (AvgIpc) is 2.40. The molecule has 1 aliphatic carbocycles. The highest BCUT2D eigenvalue weighted by Gasteiger charge is 2.27. The van der Waals surface area contributed by atoms with Gasteiger partial charge in [-0.05, 0) is 11.1 Å². The zero-order valence-corrected chi connectivity index (χ0v) is 8.94. The molecule has 2 aromatic rings. The van der Waals surface area contributed by atoms with Gasteiger partial charge in [0.1, 0.15) is 11.5 Å². The van der Waals surface area contributed by atoms with Crippen molar-refractivity contribution in [3.05, 3.63) is 59.7 Å². The topological polar surface area (TPSA) is 34.1 Å². The van der Waals surface area contributed by atoms with Gasteiger partial charge in [-0.1, -0.05) is 48.5 Å². The largest absolute Gasteiger partial charge is 0.288 e. The van der Waals surface area contributed by atoms with Gasteiger partial charge in [-0.25, -0.2) is 4.79 Å². The Morgan fingerprint density at radius 1 is 0.706 bits per heavy atom. The van der Waals surface area contributed by atoms with Crippen LogP contribution in [0.3, 0.4) is 0 Å². The molecular formula is C15H8O2. The minimum Gasteiger partial charge on any atom is -0.288 e. The molecule has 2 nitrogen and oxygen atoms in total. The zero-order chi connectivity index (χ0) is 11.8. The first-order valence-corrected chi connectivity index (χ1v) is 5.31. The number of fused-ring (bicyclic) bond motifs is 3. The van der Waals surface area contributed by atoms with E-state index in [1.54, 1.807) is 24.1 Å². The third kappa shape index (κ3) is 1.28. The van der Waals surface area contributed by atoms with Crippen molar-refractivity contribution in [2.45, 2.75) is 0 Å². The molecule has 0 aliphatic heterocycles. The molecule has 3 rings (SSSR count). The number of benzene rings is 2. The summed E-state index contributed by atoms with van der Waals surface area (Å²) in [6, 6.07) is 14.7. The van der Waals surface area contributed by atoms with Gasteiger partial charge >= 0.3 is 0 Å². The molecule has 2 aromatic carbocycles. The van der Waals surface area contributed by atoms with E-state index in [1.165, 1.54) is 0 Å². The maximum atomic E-state index is 12.1. The Morgan fingerprint density at radius 2 is 1.18 bits per heavy atom. The fraction of sp³-hybridized carbons (Fsp3) is 0. The number of hydrogen-bond donors (Lipinski definition) is 0. The van der Waals surface area contributed by atoms with Crippen LogP contribution in [0.1, 0.15) is 15.9 Å². The van der Waals surface area contributed by atoms with Gasteiger partial charge in [-0.2, -0.15) is 0 Å². The highest BCUT2D eigenvalue weighted by molar-refractivity contribution is 6.39. The summed E-state index contributed by atoms with van der Waals surface area (Å²) >= 11 is 0. The SMILES string of the molecule is O=C=C1C(=O)c2ccccc2-c2ccccc21. The van der Waals surface area contributed by atoms with Crippen molar-refractivity contribution in [3.8, 4) is 11.1 Å². The van der Waals surface area contributed by atoms with E-state index in [2.05, 4.69) is 0 Å². The van der Waals surface area contributed by atoms with Gasteiger partial charge in [0.15, 0.2) is 0 Å². The lowest BCUT2D eigenvalue weighted by Gasteiger charge is -2.18. The molecule has 0 heterocycles. The third-order valence-electron chi connectivity index (χ3n) is 2.99. The van der Waals surface area contributed by atoms with Crippen LogP contribution in [0.2, 0.25) is 0 Å². The van der Waals surface area contributed by atoms with Gasteiger partial charge in [0.05, 0.1) is 0 Å². The number of carbonyl (C=O) groups is 1. The van der Waals surface area contributed by atoms with E-state index in [4.69, 9.17) is 0 Å². The van der Waals surface area contributed by atoms with Crippen molar-refractivity contribution in [3.63, 3.8) is 0 Å². The number of Topliss-reactive ketones (excluding diaryl/α,β-unsaturated/α-hetero) is 1. The van der Waals surface area contributed by atoms with Crippen molar-refractivity contribution in [1.29, 1.82) is 0 Å². The number of ketones is 1. The minimum atomic E-state index is -0.241. The van der Waals surface area contributed by atoms with Crippen LogP contribution < -0.4 is 0 Å². The normalized spacial score (nSPS) is 12.7. The molecule has 0 spiro atoms. The molecule has 0 amide bonds. The maximum absolute atomic E-state index is 12.1. The van der Waals surface area contributed by atoms with Gasteiger partial charge < -0.3 is 0 Å². The summed E-state index contributed by atoms with van der Waals surface area (Å²) in [6.07, 6.45) is 0. The maximum Gasteiger partial charge on any atom is 0.205 e. The fourth-order valence-corrected chi connectivity index (χ4v) is 2.21. The minimum absolute atomic E-state index is 0.124. The number of carbonyl (C=O) groups excluding carboxylic acids is 2. The third-order valence-corrected chi connectivity index (χ3v) is 2.99. The lowest BCUT2D eigenvalue weighted by molar-refractivity contribution is 0.105. The highest BCUT2D eigenvalue weighted by Crippen LogP contribution is 2.37. The van der Waals surface area contributed by atoms with E-state index in [9.17, 15) is 9.59 Å². The Hall–Kier alpha value is -2.44. The summed E-state index contributed by atoms with van der Waals surface area (Å²) in [5.41, 5.74) is 3.17. The quantitative estimate of drug-likeness (QED) is 0.505. The van der Waals surface area contributed by atoms with Crippen LogP contribution in [-0.4, -0.2) is 11.7 Å². The highest BCUT2D eigenvalue weighted by atomic mass is 16.1. The smallest absolute Gasteiger partial charge is 0.205 e. The molecule has 0 saturated heterocycles. The molecule has 0 aromatic heterocycles. The molecule has 0 bridgehead atoms. The monoisotopic (exact) mass is 220 g/mol. The van der Waals surface area contributed by atoms with Crippen LogP contribution in [0.25, 0.3) is 16.7 Å². The van der Waals surface area contributed by atoms with E-state index in [1.807, 2.05) is 30.3 Å². The van der Waals surface area contributed by atoms with Crippen molar-refractivity contribution >= 4 is 17.3 Å². The molecule has 80 valence electrons. The van der Waals surface area contributed by atoms with Gasteiger partial charge in [0, 0.05) is 11.1 Å². The van der Waals surface area contributed by atoms with Crippen LogP contribution in [0.15, 0.2) is 48.5 Å². The number of rotatable bonds is 0. The van der Waals surface area contributed by atoms with E-state index >= 15 is 0 Å². The Morgan fingerprint density at radius 3 is 1.76 bits per heavy atom. The molecule has 0 atom stereocenters. The Labute approximate surface area is 98.2 Å². The van der Waals surface area contributed by atoms with Crippen LogP contribution in [0, 0.1) is 0 Å². The predicted octanol–water partition coefficient (Wildman–Crippen LogP) is 2.76. The number of allylic oxidation sites excluding steroid dienone is 1. The first-order chi connectivity index (χ1) is 8.33. The summed E-state index contributed by atoms with van der Waals surface area (Å²) in [6.45, 7) is 0. The molecular weight excluding hydrogens is 212 g/mol. The molecule has 0 fully saturated rings. The molecule has 17 heavy (non-hydrogen) atoms. The lowest BCUT2D eigenvalue weighted by atomic mass is 9.82. The fourth-order valence-electron chi connectivity index (χ4n) is 2.21. The van der Waals surface area contributed by atoms with Crippen molar-refractivity contribution in [2.24, 2.45) is 0 Å². The Bertz CT molecular complexity index is 677. The number of hydrogen-bond acceptors (Lipinski definition) is 2. The van der Waals surface area contributed by atoms with E-state index < -0.39 is 0 Å². The van der Waals surface area contributed by atoms with Gasteiger partial charge in [-0.3, -0.25) is 4.79 Å². The van der Waals surface area contributed by atoms with E-state index in [-0.39, 0.29) is 11.4 Å². The Kier molecular flexibility index (Phi) is 2.04. The summed E-state index contributed by atoms with van der Waals surface area (Å²) in [5, 5.41) is 0. The van der Waals surface area contributed by atoms with Crippen LogP contribution >= 0.6 is 0 Å². The van der Waals surface area contributed by atoms with Crippen LogP contribution in [0.4, 0.5) is 0 Å². The van der Waals surface area contributed by atoms with Gasteiger partial charge in [0.25, 0.3) is 0 Å². The first kappa shape index (κ1) is 9.76.